The number of hydrogen-bond acceptors (Lipinski definition) is 3. The highest BCUT2D eigenvalue weighted by Gasteiger charge is 2.22. The molecule has 0 saturated carbocycles. The second kappa shape index (κ2) is 6.67. The van der Waals surface area contributed by atoms with E-state index < -0.39 is 5.76 Å². The summed E-state index contributed by atoms with van der Waals surface area (Å²) in [5, 5.41) is 3.52. The number of nitrogens with one attached hydrogen (secondary N) is 1. The Morgan fingerprint density at radius 3 is 2.76 bits per heavy atom. The molecule has 0 fully saturated rings. The number of benzene rings is 1. The van der Waals surface area contributed by atoms with Crippen LogP contribution in [-0.4, -0.2) is 5.76 Å². The molecule has 6 heteroatoms. The normalized spacial score (nSPS) is 17.8. The first-order valence-corrected chi connectivity index (χ1v) is 9.20. The summed E-state index contributed by atoms with van der Waals surface area (Å²) >= 11 is 5.94. The number of anilines is 1. The number of hydrogen-bond donors (Lipinski definition) is 1. The van der Waals surface area contributed by atoms with Crippen molar-refractivity contribution in [3.63, 3.8) is 0 Å². The molecule has 1 nitrogen and oxygen atoms in total. The molecule has 1 aromatic heterocycles. The van der Waals surface area contributed by atoms with Gasteiger partial charge in [0.1, 0.15) is 0 Å². The fourth-order valence-corrected chi connectivity index (χ4v) is 4.92. The molecule has 0 radical (unpaired) electrons. The summed E-state index contributed by atoms with van der Waals surface area (Å²) in [5.41, 5.74) is 2.35. The quantitative estimate of drug-likeness (QED) is 0.614. The van der Waals surface area contributed by atoms with E-state index >= 15 is 0 Å². The Balaban J connectivity index is 1.72. The SMILES string of the molecule is FC(F)Sc1ccc(NC2CCCc3sc(Br)cc32)cc1. The third kappa shape index (κ3) is 3.79. The molecule has 1 atom stereocenters. The van der Waals surface area contributed by atoms with Crippen LogP contribution in [-0.2, 0) is 6.42 Å². The summed E-state index contributed by atoms with van der Waals surface area (Å²) in [6.45, 7) is 0. The van der Waals surface area contributed by atoms with Crippen LogP contribution in [0.15, 0.2) is 39.0 Å². The summed E-state index contributed by atoms with van der Waals surface area (Å²) in [6.07, 6.45) is 3.42. The van der Waals surface area contributed by atoms with Gasteiger partial charge in [-0.25, -0.2) is 0 Å². The van der Waals surface area contributed by atoms with Crippen molar-refractivity contribution in [3.8, 4) is 0 Å². The minimum atomic E-state index is -2.37. The highest BCUT2D eigenvalue weighted by atomic mass is 79.9. The Bertz CT molecular complexity index is 613. The maximum atomic E-state index is 12.3. The van der Waals surface area contributed by atoms with Crippen LogP contribution in [0.25, 0.3) is 0 Å². The third-order valence-corrected chi connectivity index (χ3v) is 5.94. The van der Waals surface area contributed by atoms with Crippen LogP contribution in [0.2, 0.25) is 0 Å². The average molecular weight is 390 g/mol. The molecule has 1 aromatic carbocycles. The molecule has 1 heterocycles. The minimum Gasteiger partial charge on any atom is -0.378 e. The molecule has 1 unspecified atom stereocenters. The fraction of sp³-hybridized carbons (Fsp3) is 0.333. The van der Waals surface area contributed by atoms with Gasteiger partial charge in [0.05, 0.1) is 9.83 Å². The molecular weight excluding hydrogens is 376 g/mol. The van der Waals surface area contributed by atoms with E-state index in [9.17, 15) is 8.78 Å². The van der Waals surface area contributed by atoms with Crippen molar-refractivity contribution in [3.05, 3.63) is 44.6 Å². The molecule has 1 aliphatic carbocycles. The molecule has 1 N–H and O–H groups in total. The molecule has 2 aromatic rings. The first kappa shape index (κ1) is 15.3. The Morgan fingerprint density at radius 2 is 2.05 bits per heavy atom. The van der Waals surface area contributed by atoms with Gasteiger partial charge in [0, 0.05) is 15.5 Å². The lowest BCUT2D eigenvalue weighted by atomic mass is 9.94. The van der Waals surface area contributed by atoms with Gasteiger partial charge in [-0.2, -0.15) is 8.78 Å². The zero-order valence-electron chi connectivity index (χ0n) is 11.1. The number of rotatable bonds is 4. The van der Waals surface area contributed by atoms with Gasteiger partial charge in [-0.05, 0) is 71.1 Å². The van der Waals surface area contributed by atoms with Crippen LogP contribution in [0, 0.1) is 0 Å². The summed E-state index contributed by atoms with van der Waals surface area (Å²) in [4.78, 5) is 2.04. The highest BCUT2D eigenvalue weighted by Crippen LogP contribution is 2.39. The fourth-order valence-electron chi connectivity index (χ4n) is 2.61. The van der Waals surface area contributed by atoms with Gasteiger partial charge in [-0.3, -0.25) is 0 Å². The highest BCUT2D eigenvalue weighted by molar-refractivity contribution is 9.11. The zero-order chi connectivity index (χ0) is 14.8. The lowest BCUT2D eigenvalue weighted by Crippen LogP contribution is -2.15. The van der Waals surface area contributed by atoms with Crippen LogP contribution >= 0.6 is 39.0 Å². The van der Waals surface area contributed by atoms with Gasteiger partial charge in [0.25, 0.3) is 5.76 Å². The Hall–Kier alpha value is -0.590. The van der Waals surface area contributed by atoms with Crippen molar-refractivity contribution in [1.82, 2.24) is 0 Å². The smallest absolute Gasteiger partial charge is 0.288 e. The maximum Gasteiger partial charge on any atom is 0.288 e. The number of thioether (sulfide) groups is 1. The molecule has 3 rings (SSSR count). The largest absolute Gasteiger partial charge is 0.378 e. The van der Waals surface area contributed by atoms with E-state index in [0.29, 0.717) is 22.7 Å². The summed E-state index contributed by atoms with van der Waals surface area (Å²) in [6, 6.07) is 9.74. The van der Waals surface area contributed by atoms with Crippen molar-refractivity contribution in [2.45, 2.75) is 36.0 Å². The maximum absolute atomic E-state index is 12.3. The van der Waals surface area contributed by atoms with Crippen LogP contribution < -0.4 is 5.32 Å². The van der Waals surface area contributed by atoms with Crippen molar-refractivity contribution >= 4 is 44.7 Å². The molecule has 0 amide bonds. The van der Waals surface area contributed by atoms with Gasteiger partial charge in [-0.15, -0.1) is 11.3 Å². The number of fused-ring (bicyclic) bond motifs is 1. The predicted molar refractivity (Wildman–Crippen MR) is 89.6 cm³/mol. The second-order valence-corrected chi connectivity index (χ2v) is 8.50. The summed E-state index contributed by atoms with van der Waals surface area (Å²) in [5.74, 6) is -2.37. The van der Waals surface area contributed by atoms with Crippen molar-refractivity contribution in [1.29, 1.82) is 0 Å². The van der Waals surface area contributed by atoms with E-state index in [0.717, 1.165) is 18.5 Å². The van der Waals surface area contributed by atoms with Crippen molar-refractivity contribution < 1.29 is 8.78 Å². The number of thiophene rings is 1. The molecule has 0 spiro atoms. The topological polar surface area (TPSA) is 12.0 Å². The molecule has 0 saturated heterocycles. The summed E-state index contributed by atoms with van der Waals surface area (Å²) < 4.78 is 25.8. The van der Waals surface area contributed by atoms with Gasteiger partial charge in [-0.1, -0.05) is 11.8 Å². The van der Waals surface area contributed by atoms with Gasteiger partial charge in [0.2, 0.25) is 0 Å². The van der Waals surface area contributed by atoms with Crippen LogP contribution in [0.1, 0.15) is 29.3 Å². The van der Waals surface area contributed by atoms with Crippen LogP contribution in [0.3, 0.4) is 0 Å². The molecular formula is C15H14BrF2NS2. The van der Waals surface area contributed by atoms with E-state index in [1.54, 1.807) is 23.5 Å². The van der Waals surface area contributed by atoms with Crippen molar-refractivity contribution in [2.24, 2.45) is 0 Å². The molecule has 112 valence electrons. The van der Waals surface area contributed by atoms with Gasteiger partial charge >= 0.3 is 0 Å². The Kier molecular flexibility index (Phi) is 4.86. The molecule has 0 aliphatic heterocycles. The average Bonchev–Trinajstić information content (AvgIpc) is 2.82. The van der Waals surface area contributed by atoms with E-state index in [1.165, 1.54) is 20.6 Å². The third-order valence-electron chi connectivity index (χ3n) is 3.50. The molecule has 1 aliphatic rings. The standard InChI is InChI=1S/C15H14BrF2NS2/c16-14-8-11-12(2-1-3-13(11)21-14)19-9-4-6-10(7-5-9)20-15(17)18/h4-8,12,15,19H,1-3H2. The molecule has 21 heavy (non-hydrogen) atoms. The summed E-state index contributed by atoms with van der Waals surface area (Å²) in [7, 11) is 0. The number of alkyl halides is 2. The lowest BCUT2D eigenvalue weighted by Gasteiger charge is -2.24. The zero-order valence-corrected chi connectivity index (χ0v) is 14.3. The van der Waals surface area contributed by atoms with E-state index in [4.69, 9.17) is 0 Å². The Morgan fingerprint density at radius 1 is 1.29 bits per heavy atom. The van der Waals surface area contributed by atoms with Crippen LogP contribution in [0.5, 0.6) is 0 Å². The van der Waals surface area contributed by atoms with Crippen LogP contribution in [0.4, 0.5) is 14.5 Å². The second-order valence-electron chi connectivity index (χ2n) is 4.92. The minimum absolute atomic E-state index is 0.310. The van der Waals surface area contributed by atoms with Gasteiger partial charge < -0.3 is 5.32 Å². The first-order valence-electron chi connectivity index (χ1n) is 6.71. The lowest BCUT2D eigenvalue weighted by molar-refractivity contribution is 0.252. The van der Waals surface area contributed by atoms with Crippen molar-refractivity contribution in [2.75, 3.05) is 5.32 Å². The first-order chi connectivity index (χ1) is 10.1. The number of halogens is 3. The monoisotopic (exact) mass is 389 g/mol. The number of aryl methyl sites for hydroxylation is 1. The predicted octanol–water partition coefficient (Wildman–Crippen LogP) is 6.31. The van der Waals surface area contributed by atoms with E-state index in [-0.39, 0.29) is 0 Å². The van der Waals surface area contributed by atoms with E-state index in [2.05, 4.69) is 27.3 Å². The van der Waals surface area contributed by atoms with E-state index in [1.807, 2.05) is 12.1 Å². The van der Waals surface area contributed by atoms with Gasteiger partial charge in [0.15, 0.2) is 0 Å². The molecule has 0 bridgehead atoms. The Labute approximate surface area is 139 Å².